The minimum absolute atomic E-state index is 0.180. The van der Waals surface area contributed by atoms with Crippen LogP contribution >= 0.6 is 0 Å². The Bertz CT molecular complexity index is 789. The smallest absolute Gasteiger partial charge is 0.186 e. The van der Waals surface area contributed by atoms with Crippen LogP contribution in [0, 0.1) is 28.1 Å². The van der Waals surface area contributed by atoms with Crippen molar-refractivity contribution in [1.29, 1.82) is 0 Å². The highest BCUT2D eigenvalue weighted by Gasteiger charge is 2.58. The molecule has 0 spiro atoms. The quantitative estimate of drug-likeness (QED) is 0.251. The van der Waals surface area contributed by atoms with Crippen LogP contribution in [0.3, 0.4) is 0 Å². The van der Waals surface area contributed by atoms with E-state index in [0.717, 1.165) is 25.7 Å². The fraction of sp³-hybridized carbons (Fsp3) is 0.923. The monoisotopic (exact) mass is 500 g/mol. The third-order valence-electron chi connectivity index (χ3n) is 9.83. The van der Waals surface area contributed by atoms with Crippen LogP contribution in [0.25, 0.3) is 0 Å². The number of fused-ring (bicyclic) bond motifs is 3. The van der Waals surface area contributed by atoms with Crippen molar-refractivity contribution in [3.63, 3.8) is 0 Å². The Kier molecular flexibility index (Phi) is 7.77. The van der Waals surface area contributed by atoms with Crippen LogP contribution in [0.5, 0.6) is 0 Å². The summed E-state index contributed by atoms with van der Waals surface area (Å²) in [5.41, 5.74) is 0.256. The Morgan fingerprint density at radius 3 is 2.40 bits per heavy atom. The second-order valence-corrected chi connectivity index (χ2v) is 12.3. The number of hydrogen-bond acceptors (Lipinski definition) is 9. The van der Waals surface area contributed by atoms with Crippen molar-refractivity contribution in [3.05, 3.63) is 11.6 Å². The van der Waals surface area contributed by atoms with Gasteiger partial charge in [-0.2, -0.15) is 0 Å². The molecule has 0 unspecified atom stereocenters. The number of aliphatic hydroxyl groups excluding tert-OH is 7. The SMILES string of the molecule is C[C@@]1(CO[C@@H]2O[C@@H](CO)[C@@H](O)[C@H](O)[C@@H]2O)C[C@@H](O)C[C@@]2(C)[C@@H]3CC[C@](C)([C@H](O)CO)C=C3CC[C@H]12. The molecule has 9 nitrogen and oxygen atoms in total. The predicted molar refractivity (Wildman–Crippen MR) is 126 cm³/mol. The molecular weight excluding hydrogens is 456 g/mol. The van der Waals surface area contributed by atoms with Crippen LogP contribution < -0.4 is 0 Å². The number of ether oxygens (including phenoxy) is 2. The molecule has 1 heterocycles. The first kappa shape index (κ1) is 27.4. The minimum atomic E-state index is -1.49. The molecule has 1 saturated heterocycles. The van der Waals surface area contributed by atoms with Gasteiger partial charge in [0.15, 0.2) is 6.29 Å². The summed E-state index contributed by atoms with van der Waals surface area (Å²) in [6.45, 7) is 5.76. The number of hydrogen-bond donors (Lipinski definition) is 7. The van der Waals surface area contributed by atoms with Crippen molar-refractivity contribution in [3.8, 4) is 0 Å². The molecule has 0 bridgehead atoms. The highest BCUT2D eigenvalue weighted by Crippen LogP contribution is 2.64. The van der Waals surface area contributed by atoms with Crippen molar-refractivity contribution in [2.75, 3.05) is 19.8 Å². The van der Waals surface area contributed by atoms with Crippen molar-refractivity contribution in [2.24, 2.45) is 28.1 Å². The second kappa shape index (κ2) is 9.93. The minimum Gasteiger partial charge on any atom is -0.394 e. The summed E-state index contributed by atoms with van der Waals surface area (Å²) >= 11 is 0. The van der Waals surface area contributed by atoms with E-state index in [1.807, 2.05) is 6.92 Å². The van der Waals surface area contributed by atoms with Crippen molar-refractivity contribution in [1.82, 2.24) is 0 Å². The van der Waals surface area contributed by atoms with Gasteiger partial charge in [0, 0.05) is 5.41 Å². The molecule has 9 heteroatoms. The Labute approximate surface area is 207 Å². The maximum Gasteiger partial charge on any atom is 0.186 e. The lowest BCUT2D eigenvalue weighted by molar-refractivity contribution is -0.310. The molecule has 4 aliphatic rings. The van der Waals surface area contributed by atoms with Crippen LogP contribution in [0.15, 0.2) is 11.6 Å². The third kappa shape index (κ3) is 4.73. The van der Waals surface area contributed by atoms with Gasteiger partial charge in [-0.3, -0.25) is 0 Å². The number of allylic oxidation sites excluding steroid dienone is 1. The summed E-state index contributed by atoms with van der Waals surface area (Å²) in [6, 6.07) is 0. The first-order chi connectivity index (χ1) is 16.4. The molecule has 2 saturated carbocycles. The molecule has 4 rings (SSSR count). The zero-order valence-corrected chi connectivity index (χ0v) is 21.1. The highest BCUT2D eigenvalue weighted by molar-refractivity contribution is 5.25. The number of aliphatic hydroxyl groups is 7. The van der Waals surface area contributed by atoms with Gasteiger partial charge < -0.3 is 45.2 Å². The molecule has 202 valence electrons. The maximum atomic E-state index is 11.0. The van der Waals surface area contributed by atoms with E-state index in [4.69, 9.17) is 9.47 Å². The summed E-state index contributed by atoms with van der Waals surface area (Å²) in [7, 11) is 0. The normalized spacial score (nSPS) is 51.2. The molecule has 3 fully saturated rings. The van der Waals surface area contributed by atoms with Gasteiger partial charge in [-0.15, -0.1) is 0 Å². The average molecular weight is 501 g/mol. The molecule has 1 aliphatic heterocycles. The predicted octanol–water partition coefficient (Wildman–Crippen LogP) is 0.0761. The topological polar surface area (TPSA) is 160 Å². The van der Waals surface area contributed by atoms with E-state index < -0.39 is 60.4 Å². The Balaban J connectivity index is 1.54. The standard InChI is InChI=1S/C26H44O9/c1-24(19(30)12-28)7-6-16-14(8-24)4-5-18-25(2,9-15(29)10-26(16,18)3)13-34-23-22(33)21(32)20(31)17(11-27)35-23/h8,15-23,27-33H,4-7,9-13H2,1-3H3/t15-,16-,17+,18-,19-,20-,21+,22+,23-,24+,25+,26+/m1/s1. The van der Waals surface area contributed by atoms with Crippen molar-refractivity contribution in [2.45, 2.75) is 102 Å². The first-order valence-corrected chi connectivity index (χ1v) is 13.0. The molecular formula is C26H44O9. The molecule has 0 aromatic carbocycles. The van der Waals surface area contributed by atoms with E-state index in [9.17, 15) is 35.7 Å². The molecule has 35 heavy (non-hydrogen) atoms. The maximum absolute atomic E-state index is 11.0. The van der Waals surface area contributed by atoms with E-state index in [1.165, 1.54) is 5.57 Å². The fourth-order valence-electron chi connectivity index (χ4n) is 7.92. The third-order valence-corrected chi connectivity index (χ3v) is 9.83. The molecule has 3 aliphatic carbocycles. The molecule has 7 N–H and O–H groups in total. The van der Waals surface area contributed by atoms with Crippen LogP contribution in [0.4, 0.5) is 0 Å². The molecule has 0 radical (unpaired) electrons. The molecule has 0 amide bonds. The van der Waals surface area contributed by atoms with Crippen LogP contribution in [0.1, 0.15) is 59.3 Å². The second-order valence-electron chi connectivity index (χ2n) is 12.3. The highest BCUT2D eigenvalue weighted by atomic mass is 16.7. The van der Waals surface area contributed by atoms with Crippen molar-refractivity contribution >= 4 is 0 Å². The molecule has 0 aromatic rings. The van der Waals surface area contributed by atoms with Crippen molar-refractivity contribution < 1.29 is 45.2 Å². The summed E-state index contributed by atoms with van der Waals surface area (Å²) in [5.74, 6) is 0.499. The molecule has 0 aromatic heterocycles. The van der Waals surface area contributed by atoms with E-state index >= 15 is 0 Å². The Morgan fingerprint density at radius 2 is 1.74 bits per heavy atom. The zero-order chi connectivity index (χ0) is 25.8. The van der Waals surface area contributed by atoms with Gasteiger partial charge in [0.25, 0.3) is 0 Å². The lowest BCUT2D eigenvalue weighted by Gasteiger charge is -2.61. The lowest BCUT2D eigenvalue weighted by Crippen LogP contribution is -2.60. The summed E-state index contributed by atoms with van der Waals surface area (Å²) in [4.78, 5) is 0. The van der Waals surface area contributed by atoms with Gasteiger partial charge in [-0.05, 0) is 61.2 Å². The van der Waals surface area contributed by atoms with E-state index in [1.54, 1.807) is 0 Å². The van der Waals surface area contributed by atoms with E-state index in [-0.39, 0.29) is 30.5 Å². The van der Waals surface area contributed by atoms with Crippen LogP contribution in [0.2, 0.25) is 0 Å². The summed E-state index contributed by atoms with van der Waals surface area (Å²) in [5, 5.41) is 71.0. The zero-order valence-electron chi connectivity index (χ0n) is 21.1. The van der Waals surface area contributed by atoms with Gasteiger partial charge in [0.05, 0.1) is 32.0 Å². The van der Waals surface area contributed by atoms with E-state index in [2.05, 4.69) is 19.9 Å². The fourth-order valence-corrected chi connectivity index (χ4v) is 7.92. The van der Waals surface area contributed by atoms with E-state index in [0.29, 0.717) is 12.8 Å². The molecule has 12 atom stereocenters. The van der Waals surface area contributed by atoms with Gasteiger partial charge in [-0.25, -0.2) is 0 Å². The first-order valence-electron chi connectivity index (χ1n) is 13.0. The lowest BCUT2D eigenvalue weighted by atomic mass is 9.44. The largest absolute Gasteiger partial charge is 0.394 e. The average Bonchev–Trinajstić information content (AvgIpc) is 2.80. The van der Waals surface area contributed by atoms with Gasteiger partial charge in [-0.1, -0.05) is 32.4 Å². The van der Waals surface area contributed by atoms with Gasteiger partial charge in [0.2, 0.25) is 0 Å². The summed E-state index contributed by atoms with van der Waals surface area (Å²) < 4.78 is 11.6. The number of rotatable bonds is 6. The Hall–Kier alpha value is -0.620. The van der Waals surface area contributed by atoms with Gasteiger partial charge in [0.1, 0.15) is 24.4 Å². The van der Waals surface area contributed by atoms with Gasteiger partial charge >= 0.3 is 0 Å². The van der Waals surface area contributed by atoms with Crippen LogP contribution in [-0.4, -0.2) is 98.5 Å². The van der Waals surface area contributed by atoms with Crippen LogP contribution in [-0.2, 0) is 9.47 Å². The Morgan fingerprint density at radius 1 is 1.03 bits per heavy atom. The summed E-state index contributed by atoms with van der Waals surface area (Å²) in [6.07, 6.45) is -1.11.